The number of pyridine rings is 2. The van der Waals surface area contributed by atoms with Crippen molar-refractivity contribution in [3.05, 3.63) is 104 Å². The van der Waals surface area contributed by atoms with Crippen molar-refractivity contribution in [2.24, 2.45) is 12.8 Å². The van der Waals surface area contributed by atoms with E-state index < -0.39 is 35.2 Å². The maximum atomic E-state index is 13.8. The van der Waals surface area contributed by atoms with Crippen LogP contribution in [0.25, 0.3) is 11.0 Å². The second kappa shape index (κ2) is 10.6. The number of carbonyl (C=O) groups is 1. The molecular weight excluding hydrogens is 570 g/mol. The summed E-state index contributed by atoms with van der Waals surface area (Å²) in [6, 6.07) is 15.9. The first-order valence-electron chi connectivity index (χ1n) is 12.1. The molecule has 8 nitrogen and oxygen atoms in total. The van der Waals surface area contributed by atoms with Gasteiger partial charge >= 0.3 is 0 Å². The molecule has 39 heavy (non-hydrogen) atoms. The molecule has 1 amide bonds. The number of rotatable bonds is 5. The molecule has 4 aromatic rings. The van der Waals surface area contributed by atoms with Crippen LogP contribution in [0, 0.1) is 23.0 Å². The van der Waals surface area contributed by atoms with Crippen molar-refractivity contribution in [3.8, 4) is 6.07 Å². The molecule has 3 heterocycles. The summed E-state index contributed by atoms with van der Waals surface area (Å²) in [4.78, 5) is 34.2. The smallest absolute Gasteiger partial charge is 0.270 e. The van der Waals surface area contributed by atoms with Gasteiger partial charge in [-0.3, -0.25) is 14.5 Å². The van der Waals surface area contributed by atoms with Crippen molar-refractivity contribution in [2.75, 3.05) is 24.5 Å². The molecule has 0 radical (unpaired) electrons. The molecular formula is C28H23BrF2N6O2. The molecule has 1 unspecified atom stereocenters. The van der Waals surface area contributed by atoms with E-state index in [0.29, 0.717) is 45.5 Å². The Morgan fingerprint density at radius 3 is 2.18 bits per heavy atom. The lowest BCUT2D eigenvalue weighted by Gasteiger charge is -2.45. The zero-order chi connectivity index (χ0) is 27.8. The first kappa shape index (κ1) is 26.5. The molecule has 2 aromatic heterocycles. The third-order valence-corrected chi connectivity index (χ3v) is 7.50. The second-order valence-electron chi connectivity index (χ2n) is 9.31. The number of nitrogens with zero attached hydrogens (tertiary/aromatic N) is 5. The quantitative estimate of drug-likeness (QED) is 0.355. The Bertz CT molecular complexity index is 1620. The van der Waals surface area contributed by atoms with E-state index in [9.17, 15) is 23.6 Å². The van der Waals surface area contributed by atoms with E-state index >= 15 is 0 Å². The zero-order valence-electron chi connectivity index (χ0n) is 20.8. The number of nitriles is 1. The lowest BCUT2D eigenvalue weighted by atomic mass is 9.94. The van der Waals surface area contributed by atoms with Crippen molar-refractivity contribution in [1.82, 2.24) is 14.5 Å². The molecule has 1 aliphatic rings. The fraction of sp³-hybridized carbons (Fsp3) is 0.214. The summed E-state index contributed by atoms with van der Waals surface area (Å²) in [5, 5.41) is 9.95. The first-order valence-corrected chi connectivity index (χ1v) is 12.9. The summed E-state index contributed by atoms with van der Waals surface area (Å²) in [6.07, 6.45) is 0. The molecule has 0 bridgehead atoms. The van der Waals surface area contributed by atoms with Crippen molar-refractivity contribution >= 4 is 38.6 Å². The number of carbonyl (C=O) groups excluding carboxylic acids is 1. The number of hydrogen-bond donors (Lipinski definition) is 1. The molecule has 0 saturated carbocycles. The van der Waals surface area contributed by atoms with Gasteiger partial charge in [0.25, 0.3) is 5.56 Å². The minimum atomic E-state index is -0.864. The first-order chi connectivity index (χ1) is 18.7. The van der Waals surface area contributed by atoms with Crippen LogP contribution in [0.4, 0.5) is 14.5 Å². The van der Waals surface area contributed by atoms with Gasteiger partial charge < -0.3 is 15.2 Å². The van der Waals surface area contributed by atoms with Gasteiger partial charge in [-0.2, -0.15) is 5.26 Å². The van der Waals surface area contributed by atoms with E-state index in [-0.39, 0.29) is 12.1 Å². The molecule has 2 aromatic carbocycles. The highest BCUT2D eigenvalue weighted by molar-refractivity contribution is 9.10. The van der Waals surface area contributed by atoms with E-state index in [1.807, 2.05) is 11.0 Å². The monoisotopic (exact) mass is 592 g/mol. The Balaban J connectivity index is 1.62. The maximum Gasteiger partial charge on any atom is 0.270 e. The number of benzene rings is 2. The van der Waals surface area contributed by atoms with Crippen LogP contribution in [0.3, 0.4) is 0 Å². The van der Waals surface area contributed by atoms with Gasteiger partial charge in [-0.15, -0.1) is 0 Å². The van der Waals surface area contributed by atoms with E-state index in [0.717, 1.165) is 0 Å². The summed E-state index contributed by atoms with van der Waals surface area (Å²) in [5.74, 6) is -1.43. The van der Waals surface area contributed by atoms with Crippen molar-refractivity contribution in [3.63, 3.8) is 0 Å². The number of fused-ring (bicyclic) bond motifs is 1. The fourth-order valence-electron chi connectivity index (χ4n) is 5.21. The van der Waals surface area contributed by atoms with Gasteiger partial charge in [0, 0.05) is 26.7 Å². The van der Waals surface area contributed by atoms with Crippen LogP contribution in [0.15, 0.2) is 70.1 Å². The van der Waals surface area contributed by atoms with Crippen LogP contribution >= 0.6 is 15.9 Å². The van der Waals surface area contributed by atoms with Crippen molar-refractivity contribution < 1.29 is 13.6 Å². The minimum Gasteiger partial charge on any atom is -0.368 e. The van der Waals surface area contributed by atoms with Gasteiger partial charge in [-0.05, 0) is 63.5 Å². The molecule has 1 atom stereocenters. The van der Waals surface area contributed by atoms with Crippen LogP contribution < -0.4 is 16.2 Å². The standard InChI is InChI=1S/C28H23BrF2N6O2/c1-35-21-10-11-23(29)34-24(21)26(20(14-32)28(35)39)36-12-13-37(22(15-36)27(33)38)25(16-2-6-18(30)7-3-16)17-4-8-19(31)9-5-17/h2-11,22,25H,12-13,15H2,1H3,(H2,33,38). The predicted molar refractivity (Wildman–Crippen MR) is 146 cm³/mol. The average molecular weight is 593 g/mol. The lowest BCUT2D eigenvalue weighted by molar-refractivity contribution is -0.124. The third kappa shape index (κ3) is 4.89. The summed E-state index contributed by atoms with van der Waals surface area (Å²) >= 11 is 3.37. The highest BCUT2D eigenvalue weighted by Gasteiger charge is 2.38. The molecule has 11 heteroatoms. The normalized spacial score (nSPS) is 16.0. The van der Waals surface area contributed by atoms with Crippen molar-refractivity contribution in [1.29, 1.82) is 5.26 Å². The number of hydrogen-bond acceptors (Lipinski definition) is 6. The van der Waals surface area contributed by atoms with Gasteiger partial charge in [0.2, 0.25) is 5.91 Å². The third-order valence-electron chi connectivity index (χ3n) is 7.06. The Hall–Kier alpha value is -4.14. The van der Waals surface area contributed by atoms with E-state index in [1.54, 1.807) is 48.3 Å². The van der Waals surface area contributed by atoms with Crippen LogP contribution in [0.2, 0.25) is 0 Å². The highest BCUT2D eigenvalue weighted by atomic mass is 79.9. The van der Waals surface area contributed by atoms with Crippen molar-refractivity contribution in [2.45, 2.75) is 12.1 Å². The number of anilines is 1. The summed E-state index contributed by atoms with van der Waals surface area (Å²) in [7, 11) is 1.57. The number of primary amides is 1. The average Bonchev–Trinajstić information content (AvgIpc) is 2.92. The Morgan fingerprint density at radius 1 is 1.05 bits per heavy atom. The summed E-state index contributed by atoms with van der Waals surface area (Å²) in [6.45, 7) is 0.690. The predicted octanol–water partition coefficient (Wildman–Crippen LogP) is 3.61. The lowest BCUT2D eigenvalue weighted by Crippen LogP contribution is -2.59. The summed E-state index contributed by atoms with van der Waals surface area (Å²) in [5.41, 5.74) is 8.07. The number of piperazine rings is 1. The summed E-state index contributed by atoms with van der Waals surface area (Å²) < 4.78 is 29.4. The largest absolute Gasteiger partial charge is 0.368 e. The molecule has 2 N–H and O–H groups in total. The number of nitrogens with two attached hydrogens (primary N) is 1. The molecule has 1 saturated heterocycles. The maximum absolute atomic E-state index is 13.8. The molecule has 1 aliphatic heterocycles. The highest BCUT2D eigenvalue weighted by Crippen LogP contribution is 2.35. The van der Waals surface area contributed by atoms with Crippen LogP contribution in [0.5, 0.6) is 0 Å². The topological polar surface area (TPSA) is 108 Å². The fourth-order valence-corrected chi connectivity index (χ4v) is 5.52. The van der Waals surface area contributed by atoms with Gasteiger partial charge in [0.1, 0.15) is 39.4 Å². The van der Waals surface area contributed by atoms with Crippen LogP contribution in [0.1, 0.15) is 22.7 Å². The van der Waals surface area contributed by atoms with Gasteiger partial charge in [-0.25, -0.2) is 13.8 Å². The number of aromatic nitrogens is 2. The molecule has 0 spiro atoms. The molecule has 1 fully saturated rings. The van der Waals surface area contributed by atoms with E-state index in [2.05, 4.69) is 20.9 Å². The van der Waals surface area contributed by atoms with E-state index in [1.165, 1.54) is 28.8 Å². The second-order valence-corrected chi connectivity index (χ2v) is 10.1. The van der Waals surface area contributed by atoms with Gasteiger partial charge in [0.05, 0.1) is 17.2 Å². The van der Waals surface area contributed by atoms with Gasteiger partial charge in [-0.1, -0.05) is 24.3 Å². The van der Waals surface area contributed by atoms with Crippen LogP contribution in [-0.4, -0.2) is 46.0 Å². The number of aryl methyl sites for hydroxylation is 1. The van der Waals surface area contributed by atoms with Gasteiger partial charge in [0.15, 0.2) is 0 Å². The number of amides is 1. The zero-order valence-corrected chi connectivity index (χ0v) is 22.4. The SMILES string of the molecule is Cn1c(=O)c(C#N)c(N2CCN(C(c3ccc(F)cc3)c3ccc(F)cc3)C(C(N)=O)C2)c2nc(Br)ccc21. The minimum absolute atomic E-state index is 0.0688. The Kier molecular flexibility index (Phi) is 7.16. The molecule has 0 aliphatic carbocycles. The Labute approximate surface area is 231 Å². The van der Waals surface area contributed by atoms with E-state index in [4.69, 9.17) is 5.73 Å². The molecule has 198 valence electrons. The number of halogens is 3. The Morgan fingerprint density at radius 2 is 1.64 bits per heavy atom. The molecule has 5 rings (SSSR count). The van der Waals surface area contributed by atoms with Crippen LogP contribution in [-0.2, 0) is 11.8 Å².